The molecule has 3 rings (SSSR count). The Balaban J connectivity index is 1.75. The van der Waals surface area contributed by atoms with E-state index in [2.05, 4.69) is 5.10 Å². The molecule has 0 N–H and O–H groups in total. The summed E-state index contributed by atoms with van der Waals surface area (Å²) in [4.78, 5) is 14.6. The fourth-order valence-corrected chi connectivity index (χ4v) is 2.89. The summed E-state index contributed by atoms with van der Waals surface area (Å²) in [5, 5.41) is 4.11. The van der Waals surface area contributed by atoms with Crippen LogP contribution in [0.25, 0.3) is 6.08 Å². The third kappa shape index (κ3) is 3.57. The van der Waals surface area contributed by atoms with Gasteiger partial charge in [-0.2, -0.15) is 5.10 Å². The lowest BCUT2D eigenvalue weighted by Crippen LogP contribution is -2.55. The van der Waals surface area contributed by atoms with Crippen LogP contribution in [0.4, 0.5) is 0 Å². The van der Waals surface area contributed by atoms with Crippen LogP contribution in [-0.4, -0.2) is 39.3 Å². The Morgan fingerprint density at radius 3 is 2.75 bits per heavy atom. The number of hydrogen-bond acceptors (Lipinski definition) is 3. The topological polar surface area (TPSA) is 47.4 Å². The van der Waals surface area contributed by atoms with Crippen LogP contribution < -0.4 is 0 Å². The maximum atomic E-state index is 12.7. The molecule has 1 fully saturated rings. The minimum absolute atomic E-state index is 0.00640. The molecule has 1 aliphatic heterocycles. The Kier molecular flexibility index (Phi) is 4.53. The van der Waals surface area contributed by atoms with Crippen LogP contribution in [0.5, 0.6) is 0 Å². The highest BCUT2D eigenvalue weighted by atomic mass is 16.5. The fourth-order valence-electron chi connectivity index (χ4n) is 2.89. The quantitative estimate of drug-likeness (QED) is 0.815. The number of carbonyl (C=O) groups is 1. The molecule has 0 bridgehead atoms. The molecule has 5 heteroatoms. The zero-order valence-corrected chi connectivity index (χ0v) is 14.3. The minimum atomic E-state index is -0.332. The van der Waals surface area contributed by atoms with E-state index < -0.39 is 0 Å². The maximum Gasteiger partial charge on any atom is 0.247 e. The van der Waals surface area contributed by atoms with Crippen LogP contribution in [0.3, 0.4) is 0 Å². The van der Waals surface area contributed by atoms with E-state index in [9.17, 15) is 4.79 Å². The van der Waals surface area contributed by atoms with Gasteiger partial charge >= 0.3 is 0 Å². The Morgan fingerprint density at radius 1 is 1.33 bits per heavy atom. The van der Waals surface area contributed by atoms with Crippen molar-refractivity contribution in [2.75, 3.05) is 13.2 Å². The van der Waals surface area contributed by atoms with Gasteiger partial charge in [0.15, 0.2) is 0 Å². The number of benzene rings is 1. The first kappa shape index (κ1) is 16.5. The van der Waals surface area contributed by atoms with Crippen molar-refractivity contribution in [1.82, 2.24) is 14.7 Å². The third-order valence-corrected chi connectivity index (χ3v) is 4.30. The van der Waals surface area contributed by atoms with Crippen LogP contribution in [0, 0.1) is 0 Å². The molecule has 2 heterocycles. The molecule has 0 saturated carbocycles. The summed E-state index contributed by atoms with van der Waals surface area (Å²) in [6, 6.07) is 10.0. The Morgan fingerprint density at radius 2 is 2.08 bits per heavy atom. The van der Waals surface area contributed by atoms with Crippen LogP contribution in [0.1, 0.15) is 31.1 Å². The second kappa shape index (κ2) is 6.61. The number of amides is 1. The molecule has 0 spiro atoms. The predicted octanol–water partition coefficient (Wildman–Crippen LogP) is 2.81. The lowest BCUT2D eigenvalue weighted by atomic mass is 9.98. The third-order valence-electron chi connectivity index (χ3n) is 4.30. The van der Waals surface area contributed by atoms with Gasteiger partial charge in [0.1, 0.15) is 6.10 Å². The molecule has 1 aromatic heterocycles. The molecule has 126 valence electrons. The van der Waals surface area contributed by atoms with E-state index in [4.69, 9.17) is 4.74 Å². The average molecular weight is 325 g/mol. The molecule has 5 nitrogen and oxygen atoms in total. The first-order chi connectivity index (χ1) is 11.5. The molecule has 1 aromatic carbocycles. The molecule has 1 amide bonds. The zero-order chi connectivity index (χ0) is 17.2. The highest BCUT2D eigenvalue weighted by Gasteiger charge is 2.37. The van der Waals surface area contributed by atoms with Crippen molar-refractivity contribution in [3.05, 3.63) is 59.9 Å². The van der Waals surface area contributed by atoms with Crippen LogP contribution >= 0.6 is 0 Å². The van der Waals surface area contributed by atoms with E-state index in [1.165, 1.54) is 0 Å². The summed E-state index contributed by atoms with van der Waals surface area (Å²) in [5.74, 6) is -0.00640. The summed E-state index contributed by atoms with van der Waals surface area (Å²) in [7, 11) is 1.86. The summed E-state index contributed by atoms with van der Waals surface area (Å²) in [5.41, 5.74) is 1.68. The Hall–Kier alpha value is -2.40. The molecule has 1 saturated heterocycles. The maximum absolute atomic E-state index is 12.7. The van der Waals surface area contributed by atoms with Gasteiger partial charge in [0.2, 0.25) is 5.91 Å². The number of hydrogen-bond donors (Lipinski definition) is 0. The van der Waals surface area contributed by atoms with E-state index in [1.54, 1.807) is 23.0 Å². The standard InChI is InChI=1S/C19H23N3O2/c1-19(2)14-24-17(16-7-5-4-6-8-16)13-22(19)18(23)10-9-15-11-20-21(3)12-15/h4-12,17H,13-14H2,1-3H3/b10-9+/t17-/m1/s1. The van der Waals surface area contributed by atoms with Crippen molar-refractivity contribution < 1.29 is 9.53 Å². The van der Waals surface area contributed by atoms with Crippen molar-refractivity contribution in [2.24, 2.45) is 7.05 Å². The molecule has 0 radical (unpaired) electrons. The van der Waals surface area contributed by atoms with Gasteiger partial charge in [0.25, 0.3) is 0 Å². The van der Waals surface area contributed by atoms with E-state index in [1.807, 2.05) is 62.3 Å². The number of carbonyl (C=O) groups excluding carboxylic acids is 1. The molecule has 24 heavy (non-hydrogen) atoms. The average Bonchev–Trinajstić information content (AvgIpc) is 2.99. The number of aromatic nitrogens is 2. The number of rotatable bonds is 3. The minimum Gasteiger partial charge on any atom is -0.369 e. The lowest BCUT2D eigenvalue weighted by Gasteiger charge is -2.45. The van der Waals surface area contributed by atoms with Crippen molar-refractivity contribution in [1.29, 1.82) is 0 Å². The number of aryl methyl sites for hydroxylation is 1. The first-order valence-electron chi connectivity index (χ1n) is 8.10. The van der Waals surface area contributed by atoms with Crippen LogP contribution in [0.2, 0.25) is 0 Å². The van der Waals surface area contributed by atoms with E-state index >= 15 is 0 Å². The SMILES string of the molecule is Cn1cc(/C=C/C(=O)N2C[C@H](c3ccccc3)OCC2(C)C)cn1. The summed E-state index contributed by atoms with van der Waals surface area (Å²) in [6.45, 7) is 5.13. The number of ether oxygens (including phenoxy) is 1. The molecular weight excluding hydrogens is 302 g/mol. The smallest absolute Gasteiger partial charge is 0.247 e. The van der Waals surface area contributed by atoms with Gasteiger partial charge in [0.05, 0.1) is 24.9 Å². The van der Waals surface area contributed by atoms with Crippen molar-refractivity contribution >= 4 is 12.0 Å². The van der Waals surface area contributed by atoms with Crippen molar-refractivity contribution in [3.8, 4) is 0 Å². The number of morpholine rings is 1. The van der Waals surface area contributed by atoms with Crippen molar-refractivity contribution in [2.45, 2.75) is 25.5 Å². The predicted molar refractivity (Wildman–Crippen MR) is 93.2 cm³/mol. The van der Waals surface area contributed by atoms with E-state index in [0.717, 1.165) is 11.1 Å². The van der Waals surface area contributed by atoms with E-state index in [-0.39, 0.29) is 17.6 Å². The molecular formula is C19H23N3O2. The molecule has 1 atom stereocenters. The van der Waals surface area contributed by atoms with Gasteiger partial charge in [-0.25, -0.2) is 0 Å². The van der Waals surface area contributed by atoms with Gasteiger partial charge in [-0.1, -0.05) is 30.3 Å². The lowest BCUT2D eigenvalue weighted by molar-refractivity contribution is -0.149. The zero-order valence-electron chi connectivity index (χ0n) is 14.3. The highest BCUT2D eigenvalue weighted by molar-refractivity contribution is 5.92. The Bertz CT molecular complexity index is 734. The monoisotopic (exact) mass is 325 g/mol. The van der Waals surface area contributed by atoms with Gasteiger partial charge in [0, 0.05) is 24.9 Å². The fraction of sp³-hybridized carbons (Fsp3) is 0.368. The second-order valence-electron chi connectivity index (χ2n) is 6.75. The van der Waals surface area contributed by atoms with Gasteiger partial charge in [-0.3, -0.25) is 9.48 Å². The molecule has 2 aromatic rings. The number of nitrogens with zero attached hydrogens (tertiary/aromatic N) is 3. The highest BCUT2D eigenvalue weighted by Crippen LogP contribution is 2.30. The second-order valence-corrected chi connectivity index (χ2v) is 6.75. The van der Waals surface area contributed by atoms with Crippen molar-refractivity contribution in [3.63, 3.8) is 0 Å². The van der Waals surface area contributed by atoms with Crippen LogP contribution in [0.15, 0.2) is 48.8 Å². The first-order valence-corrected chi connectivity index (χ1v) is 8.10. The largest absolute Gasteiger partial charge is 0.369 e. The van der Waals surface area contributed by atoms with Gasteiger partial charge in [-0.05, 0) is 25.5 Å². The summed E-state index contributed by atoms with van der Waals surface area (Å²) in [6.07, 6.45) is 6.95. The molecule has 0 unspecified atom stereocenters. The van der Waals surface area contributed by atoms with Crippen LogP contribution in [-0.2, 0) is 16.6 Å². The normalized spacial score (nSPS) is 20.5. The van der Waals surface area contributed by atoms with Gasteiger partial charge < -0.3 is 9.64 Å². The Labute approximate surface area is 142 Å². The summed E-state index contributed by atoms with van der Waals surface area (Å²) < 4.78 is 7.71. The van der Waals surface area contributed by atoms with E-state index in [0.29, 0.717) is 13.2 Å². The summed E-state index contributed by atoms with van der Waals surface area (Å²) >= 11 is 0. The molecule has 0 aliphatic carbocycles. The molecule has 1 aliphatic rings. The van der Waals surface area contributed by atoms with Gasteiger partial charge in [-0.15, -0.1) is 0 Å².